The van der Waals surface area contributed by atoms with Crippen molar-refractivity contribution in [1.82, 2.24) is 15.3 Å². The Bertz CT molecular complexity index is 975. The average Bonchev–Trinajstić information content (AvgIpc) is 3.02. The van der Waals surface area contributed by atoms with Gasteiger partial charge in [0.25, 0.3) is 0 Å². The average molecular weight is 321 g/mol. The van der Waals surface area contributed by atoms with Crippen molar-refractivity contribution in [2.75, 3.05) is 13.2 Å². The monoisotopic (exact) mass is 321 g/mol. The Hall–Kier alpha value is -2.83. The minimum Gasteiger partial charge on any atom is -0.395 e. The summed E-state index contributed by atoms with van der Waals surface area (Å²) in [6.07, 6.45) is 0. The lowest BCUT2D eigenvalue weighted by Crippen LogP contribution is -2.21. The normalized spacial score (nSPS) is 13.2. The van der Waals surface area contributed by atoms with E-state index in [0.717, 1.165) is 5.52 Å². The first-order valence-electron chi connectivity index (χ1n) is 7.72. The fourth-order valence-electron chi connectivity index (χ4n) is 3.07. The summed E-state index contributed by atoms with van der Waals surface area (Å²) in [4.78, 5) is 33.2. The van der Waals surface area contributed by atoms with Crippen molar-refractivity contribution in [2.24, 2.45) is 0 Å². The molecule has 1 aliphatic rings. The Morgan fingerprint density at radius 1 is 1.00 bits per heavy atom. The predicted octanol–water partition coefficient (Wildman–Crippen LogP) is 1.42. The molecule has 0 radical (unpaired) electrons. The molecule has 0 saturated carbocycles. The highest BCUT2D eigenvalue weighted by Gasteiger charge is 2.31. The van der Waals surface area contributed by atoms with Crippen molar-refractivity contribution in [3.63, 3.8) is 0 Å². The zero-order valence-electron chi connectivity index (χ0n) is 12.8. The van der Waals surface area contributed by atoms with Gasteiger partial charge < -0.3 is 15.4 Å². The molecule has 0 amide bonds. The van der Waals surface area contributed by atoms with Crippen molar-refractivity contribution in [3.8, 4) is 0 Å². The van der Waals surface area contributed by atoms with Gasteiger partial charge in [-0.15, -0.1) is 0 Å². The minimum absolute atomic E-state index is 0.0411. The van der Waals surface area contributed by atoms with E-state index in [9.17, 15) is 9.59 Å². The van der Waals surface area contributed by atoms with Crippen molar-refractivity contribution < 1.29 is 14.7 Å². The highest BCUT2D eigenvalue weighted by atomic mass is 16.3. The first kappa shape index (κ1) is 14.7. The van der Waals surface area contributed by atoms with Gasteiger partial charge in [0.05, 0.1) is 24.2 Å². The van der Waals surface area contributed by atoms with E-state index in [4.69, 9.17) is 5.11 Å². The predicted molar refractivity (Wildman–Crippen MR) is 88.2 cm³/mol. The van der Waals surface area contributed by atoms with Crippen LogP contribution in [0.15, 0.2) is 36.4 Å². The number of carbonyl (C=O) groups excluding carboxylic acids is 2. The summed E-state index contributed by atoms with van der Waals surface area (Å²) < 4.78 is 0. The van der Waals surface area contributed by atoms with Crippen LogP contribution in [0.2, 0.25) is 0 Å². The Morgan fingerprint density at radius 2 is 1.75 bits per heavy atom. The Morgan fingerprint density at radius 3 is 2.50 bits per heavy atom. The van der Waals surface area contributed by atoms with E-state index in [1.165, 1.54) is 0 Å². The summed E-state index contributed by atoms with van der Waals surface area (Å²) in [7, 11) is 0. The zero-order valence-corrected chi connectivity index (χ0v) is 12.8. The van der Waals surface area contributed by atoms with Gasteiger partial charge >= 0.3 is 0 Å². The van der Waals surface area contributed by atoms with Crippen molar-refractivity contribution in [3.05, 3.63) is 64.5 Å². The molecule has 0 atom stereocenters. The third-order valence-electron chi connectivity index (χ3n) is 4.17. The molecular weight excluding hydrogens is 306 g/mol. The number of rotatable bonds is 4. The van der Waals surface area contributed by atoms with E-state index >= 15 is 0 Å². The lowest BCUT2D eigenvalue weighted by Gasteiger charge is -2.17. The number of benzene rings is 2. The third kappa shape index (κ3) is 2.16. The molecule has 120 valence electrons. The van der Waals surface area contributed by atoms with E-state index < -0.39 is 0 Å². The summed E-state index contributed by atoms with van der Waals surface area (Å²) in [5.41, 5.74) is 2.85. The molecule has 0 saturated heterocycles. The van der Waals surface area contributed by atoms with Crippen LogP contribution < -0.4 is 5.32 Å². The van der Waals surface area contributed by atoms with Gasteiger partial charge in [-0.1, -0.05) is 24.3 Å². The molecule has 0 unspecified atom stereocenters. The first-order valence-corrected chi connectivity index (χ1v) is 7.72. The maximum absolute atomic E-state index is 12.9. The quantitative estimate of drug-likeness (QED) is 0.494. The van der Waals surface area contributed by atoms with Crippen LogP contribution in [0.3, 0.4) is 0 Å². The van der Waals surface area contributed by atoms with Crippen LogP contribution in [-0.4, -0.2) is 39.8 Å². The van der Waals surface area contributed by atoms with Crippen LogP contribution >= 0.6 is 0 Å². The van der Waals surface area contributed by atoms with E-state index in [1.807, 2.05) is 0 Å². The zero-order chi connectivity index (χ0) is 16.7. The number of hydrogen-bond acceptors (Lipinski definition) is 5. The molecule has 0 bridgehead atoms. The number of aromatic nitrogens is 2. The molecule has 2 aromatic carbocycles. The number of nitrogens with one attached hydrogen (secondary N) is 2. The number of hydrogen-bond donors (Lipinski definition) is 3. The second-order valence-corrected chi connectivity index (χ2v) is 5.67. The van der Waals surface area contributed by atoms with E-state index in [-0.39, 0.29) is 18.2 Å². The van der Waals surface area contributed by atoms with Crippen molar-refractivity contribution in [1.29, 1.82) is 0 Å². The molecule has 6 heteroatoms. The number of aliphatic hydroxyl groups excluding tert-OH is 1. The van der Waals surface area contributed by atoms with E-state index in [0.29, 0.717) is 46.7 Å². The number of fused-ring (bicyclic) bond motifs is 4. The number of nitrogens with zero attached hydrogens (tertiary/aromatic N) is 1. The van der Waals surface area contributed by atoms with Gasteiger partial charge in [0, 0.05) is 23.2 Å². The molecule has 6 nitrogen and oxygen atoms in total. The Labute approximate surface area is 137 Å². The number of aliphatic hydroxyl groups is 1. The number of carbonyl (C=O) groups is 2. The van der Waals surface area contributed by atoms with Crippen molar-refractivity contribution in [2.45, 2.75) is 6.54 Å². The van der Waals surface area contributed by atoms with Gasteiger partial charge in [-0.25, -0.2) is 4.98 Å². The van der Waals surface area contributed by atoms with Gasteiger partial charge in [-0.05, 0) is 12.1 Å². The molecule has 0 spiro atoms. The van der Waals surface area contributed by atoms with Gasteiger partial charge in [0.1, 0.15) is 11.3 Å². The number of ketones is 2. The van der Waals surface area contributed by atoms with Crippen LogP contribution in [0.4, 0.5) is 0 Å². The highest BCUT2D eigenvalue weighted by molar-refractivity contribution is 6.31. The molecule has 1 aromatic heterocycles. The fourth-order valence-corrected chi connectivity index (χ4v) is 3.07. The lowest BCUT2D eigenvalue weighted by molar-refractivity contribution is 0.0980. The van der Waals surface area contributed by atoms with Crippen LogP contribution in [-0.2, 0) is 6.54 Å². The number of aromatic amines is 1. The van der Waals surface area contributed by atoms with Crippen LogP contribution in [0.1, 0.15) is 37.7 Å². The standard InChI is InChI=1S/C18H15N3O3/c22-8-7-19-9-14-20-13-6-5-12-15(16(13)21-14)18(24)11-4-2-1-3-10(11)17(12)23/h1-6,19,22H,7-9H2,(H,20,21). The smallest absolute Gasteiger partial charge is 0.196 e. The molecule has 1 aliphatic carbocycles. The van der Waals surface area contributed by atoms with E-state index in [2.05, 4.69) is 15.3 Å². The molecule has 0 aliphatic heterocycles. The molecule has 24 heavy (non-hydrogen) atoms. The highest BCUT2D eigenvalue weighted by Crippen LogP contribution is 2.31. The van der Waals surface area contributed by atoms with Crippen molar-refractivity contribution >= 4 is 22.6 Å². The second kappa shape index (κ2) is 5.67. The molecular formula is C18H15N3O3. The topological polar surface area (TPSA) is 95.1 Å². The fraction of sp³-hybridized carbons (Fsp3) is 0.167. The van der Waals surface area contributed by atoms with E-state index in [1.54, 1.807) is 36.4 Å². The van der Waals surface area contributed by atoms with Crippen LogP contribution in [0.25, 0.3) is 11.0 Å². The van der Waals surface area contributed by atoms with Gasteiger partial charge in [-0.3, -0.25) is 9.59 Å². The van der Waals surface area contributed by atoms with Gasteiger partial charge in [-0.2, -0.15) is 0 Å². The van der Waals surface area contributed by atoms with Crippen LogP contribution in [0.5, 0.6) is 0 Å². The molecule has 0 fully saturated rings. The molecule has 3 aromatic rings. The van der Waals surface area contributed by atoms with Crippen LogP contribution in [0, 0.1) is 0 Å². The molecule has 3 N–H and O–H groups in total. The first-order chi connectivity index (χ1) is 11.7. The largest absolute Gasteiger partial charge is 0.395 e. The third-order valence-corrected chi connectivity index (χ3v) is 4.17. The summed E-state index contributed by atoms with van der Waals surface area (Å²) in [5, 5.41) is 11.9. The molecule has 4 rings (SSSR count). The summed E-state index contributed by atoms with van der Waals surface area (Å²) in [5.74, 6) is 0.336. The number of imidazole rings is 1. The lowest BCUT2D eigenvalue weighted by atomic mass is 9.83. The minimum atomic E-state index is -0.174. The summed E-state index contributed by atoms with van der Waals surface area (Å²) in [6.45, 7) is 0.947. The summed E-state index contributed by atoms with van der Waals surface area (Å²) >= 11 is 0. The number of H-pyrrole nitrogens is 1. The Kier molecular flexibility index (Phi) is 3.48. The maximum Gasteiger partial charge on any atom is 0.196 e. The van der Waals surface area contributed by atoms with Gasteiger partial charge in [0.15, 0.2) is 11.6 Å². The molecule has 1 heterocycles. The SMILES string of the molecule is O=C1c2ccccc2C(=O)c2c1ccc1[nH]c(CNCCO)nc21. The van der Waals surface area contributed by atoms with Gasteiger partial charge in [0.2, 0.25) is 0 Å². The summed E-state index contributed by atoms with van der Waals surface area (Å²) in [6, 6.07) is 10.3. The maximum atomic E-state index is 12.9. The second-order valence-electron chi connectivity index (χ2n) is 5.67. The Balaban J connectivity index is 1.85.